The third kappa shape index (κ3) is 11.5. The molecule has 15 nitrogen and oxygen atoms in total. The van der Waals surface area contributed by atoms with Crippen molar-refractivity contribution in [2.45, 2.75) is 69.3 Å². The van der Waals surface area contributed by atoms with Crippen LogP contribution in [0.25, 0.3) is 0 Å². The van der Waals surface area contributed by atoms with Crippen LogP contribution in [0.5, 0.6) is 0 Å². The first-order valence-electron chi connectivity index (χ1n) is 16.1. The van der Waals surface area contributed by atoms with E-state index in [9.17, 15) is 24.0 Å². The van der Waals surface area contributed by atoms with Crippen molar-refractivity contribution in [1.29, 1.82) is 5.41 Å². The molecule has 49 heavy (non-hydrogen) atoms. The van der Waals surface area contributed by atoms with E-state index in [-0.39, 0.29) is 38.4 Å². The molecule has 0 saturated carbocycles. The van der Waals surface area contributed by atoms with Gasteiger partial charge in [-0.25, -0.2) is 9.78 Å². The number of imidazole rings is 1. The number of likely N-dealkylation sites (tertiary alicyclic amines) is 1. The summed E-state index contributed by atoms with van der Waals surface area (Å²) in [5.41, 5.74) is 7.49. The number of nitrogens with two attached hydrogens (primary N) is 1. The summed E-state index contributed by atoms with van der Waals surface area (Å²) in [6, 6.07) is 14.2. The SMILES string of the molecule is N=C(N)NCCCC(NC(=O)OCc1ccccc1)C(=O)N1CCCC1C(=O)NC(Cc1ccccc1)C(=O)NC([C]=O)Cc1c[nH]cn1. The standard InChI is InChI=1S/C34H42N9O6/c35-33(36)38-15-7-13-27(42-34(48)49-21-24-11-5-2-6-12-24)32(47)43-16-8-14-29(43)31(46)41-28(17-23-9-3-1-4-10-23)30(45)40-26(20-44)18-25-19-37-22-39-25/h1-6,9-12,19,22,26-29H,7-8,13-18,21H2,(H,37,39)(H,40,45)(H,41,46)(H,42,48)(H4,35,36,38). The van der Waals surface area contributed by atoms with E-state index in [4.69, 9.17) is 15.9 Å². The van der Waals surface area contributed by atoms with Crippen LogP contribution in [0.15, 0.2) is 73.2 Å². The normalized spacial score (nSPS) is 15.7. The molecule has 4 rings (SSSR count). The van der Waals surface area contributed by atoms with E-state index in [0.29, 0.717) is 31.5 Å². The number of nitrogens with one attached hydrogen (secondary N) is 6. The van der Waals surface area contributed by atoms with Gasteiger partial charge in [0.2, 0.25) is 24.0 Å². The average Bonchev–Trinajstić information content (AvgIpc) is 3.81. The fourth-order valence-electron chi connectivity index (χ4n) is 5.53. The highest BCUT2D eigenvalue weighted by molar-refractivity contribution is 5.94. The summed E-state index contributed by atoms with van der Waals surface area (Å²) in [5.74, 6) is -1.82. The smallest absolute Gasteiger partial charge is 0.408 e. The van der Waals surface area contributed by atoms with Gasteiger partial charge in [-0.05, 0) is 36.8 Å². The van der Waals surface area contributed by atoms with Crippen LogP contribution < -0.4 is 27.0 Å². The number of ether oxygens (including phenoxy) is 1. The highest BCUT2D eigenvalue weighted by Gasteiger charge is 2.39. The number of H-pyrrole nitrogens is 1. The predicted molar refractivity (Wildman–Crippen MR) is 179 cm³/mol. The summed E-state index contributed by atoms with van der Waals surface area (Å²) in [4.78, 5) is 74.0. The number of aromatic nitrogens is 2. The van der Waals surface area contributed by atoms with Crippen LogP contribution in [0.4, 0.5) is 4.79 Å². The second-order valence-electron chi connectivity index (χ2n) is 11.6. The number of guanidine groups is 1. The number of amides is 4. The molecule has 1 aliphatic rings. The van der Waals surface area contributed by atoms with Crippen LogP contribution in [-0.2, 0) is 43.4 Å². The largest absolute Gasteiger partial charge is 0.445 e. The molecule has 0 aliphatic carbocycles. The quantitative estimate of drug-likeness (QED) is 0.0612. The van der Waals surface area contributed by atoms with E-state index in [0.717, 1.165) is 11.1 Å². The molecule has 1 fully saturated rings. The van der Waals surface area contributed by atoms with Gasteiger partial charge in [0.25, 0.3) is 0 Å². The molecule has 1 radical (unpaired) electrons. The van der Waals surface area contributed by atoms with Gasteiger partial charge in [-0.3, -0.25) is 24.6 Å². The maximum Gasteiger partial charge on any atom is 0.408 e. The molecule has 2 aromatic carbocycles. The van der Waals surface area contributed by atoms with Crippen molar-refractivity contribution in [3.63, 3.8) is 0 Å². The third-order valence-electron chi connectivity index (χ3n) is 7.97. The van der Waals surface area contributed by atoms with Gasteiger partial charge in [0.05, 0.1) is 12.0 Å². The Kier molecular flexibility index (Phi) is 13.7. The van der Waals surface area contributed by atoms with Gasteiger partial charge in [-0.2, -0.15) is 0 Å². The van der Waals surface area contributed by atoms with Crippen molar-refractivity contribution in [3.8, 4) is 0 Å². The van der Waals surface area contributed by atoms with Gasteiger partial charge in [0.15, 0.2) is 5.96 Å². The zero-order valence-electron chi connectivity index (χ0n) is 27.0. The molecule has 1 saturated heterocycles. The number of hydrogen-bond acceptors (Lipinski definition) is 8. The number of aromatic amines is 1. The van der Waals surface area contributed by atoms with Crippen molar-refractivity contribution >= 4 is 36.1 Å². The van der Waals surface area contributed by atoms with Crippen LogP contribution in [0.2, 0.25) is 0 Å². The molecule has 1 aromatic heterocycles. The minimum atomic E-state index is -1.07. The van der Waals surface area contributed by atoms with Crippen molar-refractivity contribution in [2.75, 3.05) is 13.1 Å². The Bertz CT molecular complexity index is 1540. The zero-order chi connectivity index (χ0) is 35.0. The molecule has 4 atom stereocenters. The van der Waals surface area contributed by atoms with Crippen LogP contribution in [0.3, 0.4) is 0 Å². The molecule has 8 N–H and O–H groups in total. The number of carbonyl (C=O) groups is 4. The number of alkyl carbamates (subject to hydrolysis) is 1. The molecule has 3 aromatic rings. The molecular formula is C34H42N9O6. The lowest BCUT2D eigenvalue weighted by molar-refractivity contribution is -0.141. The Morgan fingerprint density at radius 1 is 1.00 bits per heavy atom. The lowest BCUT2D eigenvalue weighted by atomic mass is 10.0. The fraction of sp³-hybridized carbons (Fsp3) is 0.382. The number of benzene rings is 2. The first-order chi connectivity index (χ1) is 23.7. The Morgan fingerprint density at radius 3 is 2.37 bits per heavy atom. The van der Waals surface area contributed by atoms with Crippen molar-refractivity contribution in [3.05, 3.63) is 90.0 Å². The van der Waals surface area contributed by atoms with Crippen molar-refractivity contribution in [1.82, 2.24) is 36.1 Å². The minimum Gasteiger partial charge on any atom is -0.445 e. The van der Waals surface area contributed by atoms with Crippen LogP contribution in [0, 0.1) is 5.41 Å². The summed E-state index contributed by atoms with van der Waals surface area (Å²) in [6.45, 7) is 0.560. The summed E-state index contributed by atoms with van der Waals surface area (Å²) in [6.07, 6.45) is 5.78. The first-order valence-corrected chi connectivity index (χ1v) is 16.1. The van der Waals surface area contributed by atoms with E-state index < -0.39 is 48.0 Å². The minimum absolute atomic E-state index is 0.00348. The van der Waals surface area contributed by atoms with E-state index >= 15 is 0 Å². The molecular weight excluding hydrogens is 630 g/mol. The topological polar surface area (TPSA) is 224 Å². The summed E-state index contributed by atoms with van der Waals surface area (Å²) < 4.78 is 5.35. The van der Waals surface area contributed by atoms with Gasteiger partial charge in [0.1, 0.15) is 30.8 Å². The highest BCUT2D eigenvalue weighted by atomic mass is 16.5. The van der Waals surface area contributed by atoms with Gasteiger partial charge in [-0.15, -0.1) is 0 Å². The second kappa shape index (κ2) is 18.6. The second-order valence-corrected chi connectivity index (χ2v) is 11.6. The first kappa shape index (κ1) is 36.1. The number of carbonyl (C=O) groups excluding carboxylic acids is 5. The molecule has 4 unspecified atom stereocenters. The third-order valence-corrected chi connectivity index (χ3v) is 7.97. The van der Waals surface area contributed by atoms with Crippen molar-refractivity contribution in [2.24, 2.45) is 5.73 Å². The number of hydrogen-bond donors (Lipinski definition) is 7. The fourth-order valence-corrected chi connectivity index (χ4v) is 5.53. The van der Waals surface area contributed by atoms with Crippen LogP contribution in [0.1, 0.15) is 42.5 Å². The monoisotopic (exact) mass is 672 g/mol. The predicted octanol–water partition coefficient (Wildman–Crippen LogP) is 0.823. The van der Waals surface area contributed by atoms with Crippen LogP contribution >= 0.6 is 0 Å². The number of nitrogens with zero attached hydrogens (tertiary/aromatic N) is 2. The van der Waals surface area contributed by atoms with Crippen molar-refractivity contribution < 1.29 is 28.7 Å². The molecule has 2 heterocycles. The summed E-state index contributed by atoms with van der Waals surface area (Å²) in [5, 5.41) is 18.2. The maximum absolute atomic E-state index is 13.9. The van der Waals surface area contributed by atoms with Crippen LogP contribution in [-0.4, -0.2) is 88.2 Å². The molecule has 259 valence electrons. The van der Waals surface area contributed by atoms with Gasteiger partial charge in [-0.1, -0.05) is 60.7 Å². The highest BCUT2D eigenvalue weighted by Crippen LogP contribution is 2.20. The Labute approximate surface area is 284 Å². The van der Waals surface area contributed by atoms with E-state index in [1.165, 1.54) is 11.2 Å². The summed E-state index contributed by atoms with van der Waals surface area (Å²) in [7, 11) is 0. The molecule has 4 amide bonds. The van der Waals surface area contributed by atoms with E-state index in [2.05, 4.69) is 31.2 Å². The van der Waals surface area contributed by atoms with E-state index in [1.807, 2.05) is 54.8 Å². The lowest BCUT2D eigenvalue weighted by Crippen LogP contribution is -2.57. The molecule has 0 bridgehead atoms. The zero-order valence-corrected chi connectivity index (χ0v) is 27.0. The Hall–Kier alpha value is -5.73. The van der Waals surface area contributed by atoms with E-state index in [1.54, 1.807) is 18.3 Å². The molecule has 0 spiro atoms. The Balaban J connectivity index is 1.45. The maximum atomic E-state index is 13.9. The van der Waals surface area contributed by atoms with Gasteiger partial charge >= 0.3 is 6.09 Å². The number of rotatable bonds is 17. The molecule has 1 aliphatic heterocycles. The Morgan fingerprint density at radius 2 is 1.71 bits per heavy atom. The average molecular weight is 673 g/mol. The summed E-state index contributed by atoms with van der Waals surface area (Å²) >= 11 is 0. The lowest BCUT2D eigenvalue weighted by Gasteiger charge is -2.30. The molecule has 15 heteroatoms. The van der Waals surface area contributed by atoms with Gasteiger partial charge in [0, 0.05) is 32.1 Å². The van der Waals surface area contributed by atoms with Gasteiger partial charge < -0.3 is 41.6 Å².